The number of nitrogens with one attached hydrogen (secondary N) is 1. The van der Waals surface area contributed by atoms with Crippen molar-refractivity contribution >= 4 is 6.09 Å². The average Bonchev–Trinajstić information content (AvgIpc) is 2.66. The molecule has 5 nitrogen and oxygen atoms in total. The van der Waals surface area contributed by atoms with Crippen molar-refractivity contribution in [2.75, 3.05) is 27.9 Å². The standard InChI is InChI=1S/C21H43NO4/c1-5-6-7-8-10-13-16-19(24-2)20(25-3)17-14-11-9-12-15-18-22-21(23)26-4/h19-20H,5-18H2,1-4H3,(H,22,23). The van der Waals surface area contributed by atoms with E-state index in [1.54, 1.807) is 7.11 Å². The molecular formula is C21H43NO4. The quantitative estimate of drug-likeness (QED) is 0.324. The van der Waals surface area contributed by atoms with E-state index in [0.29, 0.717) is 6.54 Å². The van der Waals surface area contributed by atoms with Gasteiger partial charge in [0.2, 0.25) is 0 Å². The number of carbonyl (C=O) groups is 1. The van der Waals surface area contributed by atoms with Crippen molar-refractivity contribution in [1.29, 1.82) is 0 Å². The van der Waals surface area contributed by atoms with Crippen molar-refractivity contribution in [2.45, 2.75) is 103 Å². The van der Waals surface area contributed by atoms with Crippen LogP contribution in [0.2, 0.25) is 0 Å². The predicted molar refractivity (Wildman–Crippen MR) is 108 cm³/mol. The maximum atomic E-state index is 10.9. The van der Waals surface area contributed by atoms with Crippen LogP contribution in [0.25, 0.3) is 0 Å². The highest BCUT2D eigenvalue weighted by Crippen LogP contribution is 2.18. The summed E-state index contributed by atoms with van der Waals surface area (Å²) in [4.78, 5) is 10.9. The Morgan fingerprint density at radius 3 is 1.65 bits per heavy atom. The minimum Gasteiger partial charge on any atom is -0.453 e. The van der Waals surface area contributed by atoms with E-state index in [0.717, 1.165) is 25.7 Å². The first kappa shape index (κ1) is 25.2. The van der Waals surface area contributed by atoms with Gasteiger partial charge >= 0.3 is 6.09 Å². The highest BCUT2D eigenvalue weighted by atomic mass is 16.5. The molecule has 26 heavy (non-hydrogen) atoms. The summed E-state index contributed by atoms with van der Waals surface area (Å²) < 4.78 is 15.9. The molecule has 1 amide bonds. The van der Waals surface area contributed by atoms with Gasteiger partial charge in [0.05, 0.1) is 19.3 Å². The largest absolute Gasteiger partial charge is 0.453 e. The highest BCUT2D eigenvalue weighted by Gasteiger charge is 2.20. The van der Waals surface area contributed by atoms with Gasteiger partial charge in [-0.05, 0) is 19.3 Å². The van der Waals surface area contributed by atoms with E-state index in [-0.39, 0.29) is 18.3 Å². The fourth-order valence-electron chi connectivity index (χ4n) is 3.30. The zero-order valence-corrected chi connectivity index (χ0v) is 17.7. The molecule has 5 heteroatoms. The number of unbranched alkanes of at least 4 members (excludes halogenated alkanes) is 9. The SMILES string of the molecule is CCCCCCCCC(OC)C(CCCCCCCNC(=O)OC)OC. The van der Waals surface area contributed by atoms with Crippen LogP contribution in [0.15, 0.2) is 0 Å². The number of amides is 1. The minimum absolute atomic E-state index is 0.205. The van der Waals surface area contributed by atoms with Crippen molar-refractivity contribution < 1.29 is 19.0 Å². The molecule has 0 aromatic rings. The van der Waals surface area contributed by atoms with E-state index in [1.165, 1.54) is 64.9 Å². The fourth-order valence-corrected chi connectivity index (χ4v) is 3.30. The third-order valence-electron chi connectivity index (χ3n) is 4.98. The van der Waals surface area contributed by atoms with E-state index < -0.39 is 0 Å². The van der Waals surface area contributed by atoms with Crippen molar-refractivity contribution in [3.63, 3.8) is 0 Å². The molecule has 0 radical (unpaired) electrons. The predicted octanol–water partition coefficient (Wildman–Crippen LogP) is 5.46. The van der Waals surface area contributed by atoms with Gasteiger partial charge in [-0.1, -0.05) is 71.1 Å². The average molecular weight is 374 g/mol. The normalized spacial score (nSPS) is 13.4. The first-order valence-corrected chi connectivity index (χ1v) is 10.6. The van der Waals surface area contributed by atoms with E-state index in [1.807, 2.05) is 7.11 Å². The Morgan fingerprint density at radius 2 is 1.19 bits per heavy atom. The van der Waals surface area contributed by atoms with Crippen molar-refractivity contribution in [3.8, 4) is 0 Å². The first-order valence-electron chi connectivity index (χ1n) is 10.6. The van der Waals surface area contributed by atoms with Crippen LogP contribution < -0.4 is 5.32 Å². The van der Waals surface area contributed by atoms with E-state index in [4.69, 9.17) is 9.47 Å². The molecule has 0 rings (SSSR count). The summed E-state index contributed by atoms with van der Waals surface area (Å²) in [5, 5.41) is 2.71. The maximum absolute atomic E-state index is 10.9. The van der Waals surface area contributed by atoms with Gasteiger partial charge in [-0.3, -0.25) is 0 Å². The lowest BCUT2D eigenvalue weighted by Gasteiger charge is -2.25. The molecule has 2 unspecified atom stereocenters. The summed E-state index contributed by atoms with van der Waals surface area (Å²) in [7, 11) is 5.00. The molecule has 0 aliphatic rings. The zero-order chi connectivity index (χ0) is 19.5. The number of rotatable bonds is 18. The lowest BCUT2D eigenvalue weighted by Crippen LogP contribution is -2.30. The molecule has 0 fully saturated rings. The Morgan fingerprint density at radius 1 is 0.731 bits per heavy atom. The van der Waals surface area contributed by atoms with Crippen molar-refractivity contribution in [3.05, 3.63) is 0 Å². The molecular weight excluding hydrogens is 330 g/mol. The molecule has 0 aromatic heterocycles. The Hall–Kier alpha value is -0.810. The molecule has 2 atom stereocenters. The van der Waals surface area contributed by atoms with Crippen LogP contribution in [-0.4, -0.2) is 46.2 Å². The minimum atomic E-state index is -0.344. The van der Waals surface area contributed by atoms with Crippen LogP contribution in [0.1, 0.15) is 90.4 Å². The topological polar surface area (TPSA) is 56.8 Å². The van der Waals surface area contributed by atoms with Gasteiger partial charge in [0.1, 0.15) is 0 Å². The zero-order valence-electron chi connectivity index (χ0n) is 17.7. The Labute approximate surface area is 161 Å². The van der Waals surface area contributed by atoms with E-state index >= 15 is 0 Å². The highest BCUT2D eigenvalue weighted by molar-refractivity contribution is 5.66. The van der Waals surface area contributed by atoms with Gasteiger partial charge < -0.3 is 19.5 Å². The lowest BCUT2D eigenvalue weighted by molar-refractivity contribution is -0.0450. The lowest BCUT2D eigenvalue weighted by atomic mass is 9.99. The second-order valence-electron chi connectivity index (χ2n) is 7.08. The van der Waals surface area contributed by atoms with Gasteiger partial charge in [0, 0.05) is 20.8 Å². The number of methoxy groups -OCH3 is 3. The third kappa shape index (κ3) is 14.4. The second kappa shape index (κ2) is 19.0. The van der Waals surface area contributed by atoms with Crippen LogP contribution in [0, 0.1) is 0 Å². The molecule has 0 aromatic carbocycles. The number of hydrogen-bond donors (Lipinski definition) is 1. The summed E-state index contributed by atoms with van der Waals surface area (Å²) in [5.41, 5.74) is 0. The Bertz CT molecular complexity index is 312. The van der Waals surface area contributed by atoms with Crippen molar-refractivity contribution in [1.82, 2.24) is 5.32 Å². The summed E-state index contributed by atoms with van der Waals surface area (Å²) in [5.74, 6) is 0. The molecule has 0 saturated heterocycles. The van der Waals surface area contributed by atoms with Crippen LogP contribution in [0.4, 0.5) is 4.79 Å². The maximum Gasteiger partial charge on any atom is 0.406 e. The summed E-state index contributed by atoms with van der Waals surface area (Å²) in [6, 6.07) is 0. The van der Waals surface area contributed by atoms with Gasteiger partial charge in [0.15, 0.2) is 0 Å². The van der Waals surface area contributed by atoms with Crippen LogP contribution in [0.5, 0.6) is 0 Å². The number of carbonyl (C=O) groups excluding carboxylic acids is 1. The second-order valence-corrected chi connectivity index (χ2v) is 7.08. The van der Waals surface area contributed by atoms with Gasteiger partial charge in [-0.15, -0.1) is 0 Å². The fraction of sp³-hybridized carbons (Fsp3) is 0.952. The molecule has 0 spiro atoms. The summed E-state index contributed by atoms with van der Waals surface area (Å²) in [6.45, 7) is 2.95. The van der Waals surface area contributed by atoms with Crippen molar-refractivity contribution in [2.24, 2.45) is 0 Å². The smallest absolute Gasteiger partial charge is 0.406 e. The van der Waals surface area contributed by atoms with Gasteiger partial charge in [-0.25, -0.2) is 4.79 Å². The van der Waals surface area contributed by atoms with E-state index in [2.05, 4.69) is 17.0 Å². The Kier molecular flexibility index (Phi) is 18.4. The monoisotopic (exact) mass is 373 g/mol. The number of hydrogen-bond acceptors (Lipinski definition) is 4. The molecule has 0 aliphatic carbocycles. The van der Waals surface area contributed by atoms with Gasteiger partial charge in [-0.2, -0.15) is 0 Å². The van der Waals surface area contributed by atoms with Crippen LogP contribution in [-0.2, 0) is 14.2 Å². The Balaban J connectivity index is 3.71. The van der Waals surface area contributed by atoms with Crippen LogP contribution >= 0.6 is 0 Å². The molecule has 0 heterocycles. The number of ether oxygens (including phenoxy) is 3. The molecule has 1 N–H and O–H groups in total. The van der Waals surface area contributed by atoms with E-state index in [9.17, 15) is 4.79 Å². The molecule has 0 saturated carbocycles. The van der Waals surface area contributed by atoms with Crippen LogP contribution in [0.3, 0.4) is 0 Å². The summed E-state index contributed by atoms with van der Waals surface area (Å²) in [6.07, 6.45) is 15.8. The summed E-state index contributed by atoms with van der Waals surface area (Å²) >= 11 is 0. The molecule has 0 bridgehead atoms. The first-order chi connectivity index (χ1) is 12.7. The third-order valence-corrected chi connectivity index (χ3v) is 4.98. The van der Waals surface area contributed by atoms with Gasteiger partial charge in [0.25, 0.3) is 0 Å². The number of alkyl carbamates (subject to hydrolysis) is 1. The molecule has 156 valence electrons. The molecule has 0 aliphatic heterocycles.